The fourth-order valence-corrected chi connectivity index (χ4v) is 3.38. The van der Waals surface area contributed by atoms with Crippen LogP contribution >= 0.6 is 34.8 Å². The third-order valence-corrected chi connectivity index (χ3v) is 5.19. The third kappa shape index (κ3) is 3.20. The summed E-state index contributed by atoms with van der Waals surface area (Å²) in [5, 5.41) is 5.36. The van der Waals surface area contributed by atoms with E-state index >= 15 is 0 Å². The zero-order valence-corrected chi connectivity index (χ0v) is 12.9. The molecule has 2 fully saturated rings. The van der Waals surface area contributed by atoms with E-state index in [1.54, 1.807) is 12.1 Å². The van der Waals surface area contributed by atoms with E-state index in [1.165, 1.54) is 25.8 Å². The molecular formula is C14H17Cl3N2. The molecule has 1 unspecified atom stereocenters. The Hall–Kier alpha value is 0.01000. The smallest absolute Gasteiger partial charge is 0.0652 e. The van der Waals surface area contributed by atoms with Gasteiger partial charge in [0.25, 0.3) is 0 Å². The first-order chi connectivity index (χ1) is 9.15. The largest absolute Gasteiger partial charge is 0.308 e. The Labute approximate surface area is 129 Å². The Morgan fingerprint density at radius 2 is 1.84 bits per heavy atom. The number of likely N-dealkylation sites (tertiary alicyclic amines) is 1. The molecule has 2 nitrogen and oxygen atoms in total. The van der Waals surface area contributed by atoms with Gasteiger partial charge in [-0.15, -0.1) is 0 Å². The highest BCUT2D eigenvalue weighted by Gasteiger charge is 2.34. The van der Waals surface area contributed by atoms with Crippen LogP contribution in [0.4, 0.5) is 0 Å². The molecule has 0 bridgehead atoms. The van der Waals surface area contributed by atoms with Gasteiger partial charge < -0.3 is 5.32 Å². The van der Waals surface area contributed by atoms with Crippen LogP contribution in [0, 0.1) is 0 Å². The maximum atomic E-state index is 6.21. The summed E-state index contributed by atoms with van der Waals surface area (Å²) in [5.74, 6) is 0. The van der Waals surface area contributed by atoms with Crippen LogP contribution in [0.3, 0.4) is 0 Å². The normalized spacial score (nSPS) is 24.1. The van der Waals surface area contributed by atoms with Crippen LogP contribution in [0.15, 0.2) is 12.1 Å². The van der Waals surface area contributed by atoms with Crippen LogP contribution in [0.2, 0.25) is 15.1 Å². The molecular weight excluding hydrogens is 303 g/mol. The number of hydrogen-bond donors (Lipinski definition) is 1. The lowest BCUT2D eigenvalue weighted by atomic mass is 10.2. The number of nitrogens with zero attached hydrogens (tertiary/aromatic N) is 1. The van der Waals surface area contributed by atoms with Crippen LogP contribution in [0.5, 0.6) is 0 Å². The lowest BCUT2D eigenvalue weighted by Crippen LogP contribution is -2.33. The van der Waals surface area contributed by atoms with Crippen molar-refractivity contribution in [2.45, 2.75) is 37.9 Å². The van der Waals surface area contributed by atoms with Gasteiger partial charge in [-0.1, -0.05) is 34.8 Å². The quantitative estimate of drug-likeness (QED) is 0.845. The summed E-state index contributed by atoms with van der Waals surface area (Å²) in [6.45, 7) is 3.03. The molecule has 1 aromatic carbocycles. The molecule has 0 aromatic heterocycles. The summed E-state index contributed by atoms with van der Waals surface area (Å²) in [6.07, 6.45) is 3.95. The molecule has 3 rings (SSSR count). The lowest BCUT2D eigenvalue weighted by molar-refractivity contribution is 0.317. The van der Waals surface area contributed by atoms with E-state index in [0.717, 1.165) is 18.2 Å². The van der Waals surface area contributed by atoms with Crippen molar-refractivity contribution in [1.82, 2.24) is 10.2 Å². The van der Waals surface area contributed by atoms with Crippen molar-refractivity contribution in [2.75, 3.05) is 13.1 Å². The van der Waals surface area contributed by atoms with Crippen molar-refractivity contribution in [2.24, 2.45) is 0 Å². The fourth-order valence-electron chi connectivity index (χ4n) is 2.70. The minimum Gasteiger partial charge on any atom is -0.308 e. The molecule has 1 atom stereocenters. The van der Waals surface area contributed by atoms with E-state index < -0.39 is 0 Å². The van der Waals surface area contributed by atoms with Gasteiger partial charge in [0, 0.05) is 42.3 Å². The first-order valence-electron chi connectivity index (χ1n) is 6.75. The van der Waals surface area contributed by atoms with Gasteiger partial charge in [-0.2, -0.15) is 0 Å². The zero-order chi connectivity index (χ0) is 13.4. The van der Waals surface area contributed by atoms with Crippen LogP contribution in [0.1, 0.15) is 24.8 Å². The van der Waals surface area contributed by atoms with Crippen molar-refractivity contribution in [3.8, 4) is 0 Å². The van der Waals surface area contributed by atoms with Gasteiger partial charge in [0.2, 0.25) is 0 Å². The first kappa shape index (κ1) is 14.0. The Bertz CT molecular complexity index is 474. The second-order valence-electron chi connectivity index (χ2n) is 5.41. The predicted octanol–water partition coefficient (Wildman–Crippen LogP) is 3.97. The molecule has 1 aliphatic carbocycles. The van der Waals surface area contributed by atoms with Crippen molar-refractivity contribution in [3.05, 3.63) is 32.8 Å². The van der Waals surface area contributed by atoms with E-state index in [-0.39, 0.29) is 0 Å². The fraction of sp³-hybridized carbons (Fsp3) is 0.571. The molecule has 1 N–H and O–H groups in total. The SMILES string of the molecule is Clc1ccc(Cl)c(CNC2CCN(C3CC3)C2)c1Cl. The molecule has 0 radical (unpaired) electrons. The highest BCUT2D eigenvalue weighted by molar-refractivity contribution is 6.44. The molecule has 5 heteroatoms. The molecule has 19 heavy (non-hydrogen) atoms. The Balaban J connectivity index is 1.59. The molecule has 1 heterocycles. The van der Waals surface area contributed by atoms with Crippen molar-refractivity contribution < 1.29 is 0 Å². The number of hydrogen-bond acceptors (Lipinski definition) is 2. The molecule has 1 aliphatic heterocycles. The van der Waals surface area contributed by atoms with E-state index in [2.05, 4.69) is 10.2 Å². The topological polar surface area (TPSA) is 15.3 Å². The molecule has 1 saturated heterocycles. The van der Waals surface area contributed by atoms with E-state index in [4.69, 9.17) is 34.8 Å². The zero-order valence-electron chi connectivity index (χ0n) is 10.6. The number of nitrogens with one attached hydrogen (secondary N) is 1. The van der Waals surface area contributed by atoms with Crippen LogP contribution in [-0.4, -0.2) is 30.1 Å². The minimum atomic E-state index is 0.534. The summed E-state index contributed by atoms with van der Waals surface area (Å²) in [6, 6.07) is 4.93. The molecule has 0 amide bonds. The van der Waals surface area contributed by atoms with Crippen LogP contribution < -0.4 is 5.32 Å². The molecule has 1 saturated carbocycles. The third-order valence-electron chi connectivity index (χ3n) is 3.99. The van der Waals surface area contributed by atoms with Gasteiger partial charge >= 0.3 is 0 Å². The minimum absolute atomic E-state index is 0.534. The van der Waals surface area contributed by atoms with Crippen molar-refractivity contribution in [1.29, 1.82) is 0 Å². The second-order valence-corrected chi connectivity index (χ2v) is 6.61. The summed E-state index contributed by atoms with van der Waals surface area (Å²) in [5.41, 5.74) is 0.903. The highest BCUT2D eigenvalue weighted by Crippen LogP contribution is 2.32. The van der Waals surface area contributed by atoms with Gasteiger partial charge in [0.05, 0.1) is 10.0 Å². The number of benzene rings is 1. The van der Waals surface area contributed by atoms with E-state index in [0.29, 0.717) is 27.7 Å². The second kappa shape index (κ2) is 5.79. The maximum Gasteiger partial charge on any atom is 0.0652 e. The highest BCUT2D eigenvalue weighted by atomic mass is 35.5. The van der Waals surface area contributed by atoms with E-state index in [9.17, 15) is 0 Å². The van der Waals surface area contributed by atoms with Crippen LogP contribution in [-0.2, 0) is 6.54 Å². The number of rotatable bonds is 4. The van der Waals surface area contributed by atoms with Gasteiger partial charge in [-0.25, -0.2) is 0 Å². The molecule has 2 aliphatic rings. The van der Waals surface area contributed by atoms with E-state index in [1.807, 2.05) is 0 Å². The predicted molar refractivity (Wildman–Crippen MR) is 81.3 cm³/mol. The van der Waals surface area contributed by atoms with Crippen LogP contribution in [0.25, 0.3) is 0 Å². The number of halogens is 3. The monoisotopic (exact) mass is 318 g/mol. The lowest BCUT2D eigenvalue weighted by Gasteiger charge is -2.17. The summed E-state index contributed by atoms with van der Waals surface area (Å²) in [7, 11) is 0. The average Bonchev–Trinajstić information content (AvgIpc) is 3.14. The summed E-state index contributed by atoms with van der Waals surface area (Å²) >= 11 is 18.4. The van der Waals surface area contributed by atoms with Gasteiger partial charge in [-0.05, 0) is 31.4 Å². The van der Waals surface area contributed by atoms with Gasteiger partial charge in [0.1, 0.15) is 0 Å². The average molecular weight is 320 g/mol. The van der Waals surface area contributed by atoms with Gasteiger partial charge in [-0.3, -0.25) is 4.90 Å². The molecule has 0 spiro atoms. The van der Waals surface area contributed by atoms with Gasteiger partial charge in [0.15, 0.2) is 0 Å². The Kier molecular flexibility index (Phi) is 4.25. The first-order valence-corrected chi connectivity index (χ1v) is 7.88. The van der Waals surface area contributed by atoms with Crippen molar-refractivity contribution >= 4 is 34.8 Å². The summed E-state index contributed by atoms with van der Waals surface area (Å²) in [4.78, 5) is 2.58. The Morgan fingerprint density at radius 3 is 2.58 bits per heavy atom. The standard InChI is InChI=1S/C14H17Cl3N2/c15-12-3-4-13(16)14(17)11(12)7-18-9-5-6-19(8-9)10-1-2-10/h3-4,9-10,18H,1-2,5-8H2. The molecule has 1 aromatic rings. The van der Waals surface area contributed by atoms with Crippen molar-refractivity contribution in [3.63, 3.8) is 0 Å². The maximum absolute atomic E-state index is 6.21. The molecule has 104 valence electrons. The summed E-state index contributed by atoms with van der Waals surface area (Å²) < 4.78 is 0. The Morgan fingerprint density at radius 1 is 1.11 bits per heavy atom.